The molecule has 0 aliphatic heterocycles. The van der Waals surface area contributed by atoms with Gasteiger partial charge in [-0.25, -0.2) is 8.42 Å². The molecule has 29 heavy (non-hydrogen) atoms. The Morgan fingerprint density at radius 3 is 1.21 bits per heavy atom. The molecule has 0 fully saturated rings. The van der Waals surface area contributed by atoms with Crippen molar-refractivity contribution in [1.29, 1.82) is 0 Å². The molecule has 0 N–H and O–H groups in total. The summed E-state index contributed by atoms with van der Waals surface area (Å²) in [4.78, 5) is 0. The third kappa shape index (κ3) is 24.0. The first-order valence-electron chi connectivity index (χ1n) is 12.5. The van der Waals surface area contributed by atoms with Crippen LogP contribution in [0.5, 0.6) is 0 Å². The Balaban J connectivity index is 3.35. The van der Waals surface area contributed by atoms with E-state index in [0.717, 1.165) is 30.3 Å². The second-order valence-corrected chi connectivity index (χ2v) is 11.2. The number of hydrogen-bond donors (Lipinski definition) is 0. The van der Waals surface area contributed by atoms with Gasteiger partial charge in [0.2, 0.25) is 0 Å². The molecule has 0 rings (SSSR count). The van der Waals surface area contributed by atoms with Gasteiger partial charge in [-0.05, 0) is 32.1 Å². The molecule has 0 aliphatic carbocycles. The number of quaternary nitrogens is 1. The molecular weight excluding hydrogens is 382 g/mol. The highest BCUT2D eigenvalue weighted by molar-refractivity contribution is 7.85. The van der Waals surface area contributed by atoms with Gasteiger partial charge in [0.05, 0.1) is 37.3 Å². The zero-order valence-electron chi connectivity index (χ0n) is 19.9. The van der Waals surface area contributed by atoms with Gasteiger partial charge in [-0.15, -0.1) is 0 Å². The highest BCUT2D eigenvalue weighted by Gasteiger charge is 2.13. The quantitative estimate of drug-likeness (QED) is 0.109. The second kappa shape index (κ2) is 18.6. The van der Waals surface area contributed by atoms with Gasteiger partial charge in [0, 0.05) is 5.75 Å². The monoisotopic (exact) mass is 433 g/mol. The van der Waals surface area contributed by atoms with Gasteiger partial charge in [-0.1, -0.05) is 90.4 Å². The number of rotatable bonds is 22. The molecule has 0 bridgehead atoms. The molecule has 0 saturated heterocycles. The normalized spacial score (nSPS) is 12.6. The summed E-state index contributed by atoms with van der Waals surface area (Å²) in [7, 11) is 0.566. The van der Waals surface area contributed by atoms with Crippen molar-refractivity contribution in [2.75, 3.05) is 32.9 Å². The molecule has 176 valence electrons. The average Bonchev–Trinajstić information content (AvgIpc) is 2.64. The van der Waals surface area contributed by atoms with Gasteiger partial charge in [0.1, 0.15) is 0 Å². The van der Waals surface area contributed by atoms with Crippen molar-refractivity contribution in [2.45, 2.75) is 122 Å². The van der Waals surface area contributed by atoms with Crippen molar-refractivity contribution in [3.8, 4) is 0 Å². The average molecular weight is 434 g/mol. The second-order valence-electron chi connectivity index (χ2n) is 9.66. The summed E-state index contributed by atoms with van der Waals surface area (Å²) in [6.07, 6.45) is 23.1. The molecule has 0 aromatic heterocycles. The Kier molecular flexibility index (Phi) is 18.5. The lowest BCUT2D eigenvalue weighted by Gasteiger charge is -2.30. The first-order valence-corrected chi connectivity index (χ1v) is 14.1. The molecule has 0 saturated carbocycles. The predicted octanol–water partition coefficient (Wildman–Crippen LogP) is 6.65. The first kappa shape index (κ1) is 28.9. The van der Waals surface area contributed by atoms with E-state index in [-0.39, 0.29) is 5.75 Å². The third-order valence-electron chi connectivity index (χ3n) is 6.02. The first-order chi connectivity index (χ1) is 13.8. The molecule has 0 radical (unpaired) electrons. The lowest BCUT2D eigenvalue weighted by molar-refractivity contribution is -0.890. The van der Waals surface area contributed by atoms with Crippen LogP contribution in [-0.4, -0.2) is 50.4 Å². The number of hydrogen-bond acceptors (Lipinski definition) is 3. The smallest absolute Gasteiger partial charge is 0.0945 e. The maximum absolute atomic E-state index is 10.6. The van der Waals surface area contributed by atoms with Crippen LogP contribution in [0.4, 0.5) is 0 Å². The van der Waals surface area contributed by atoms with Crippen molar-refractivity contribution < 1.29 is 17.5 Å². The standard InChI is InChI=1S/C24H51NO3S/c1-4-5-6-7-8-9-10-11-12-13-14-15-16-19-22-25(2,3)23-20-17-18-21-24-29(26,27)28/h4-24H2,1-3H3. The van der Waals surface area contributed by atoms with Gasteiger partial charge in [0.15, 0.2) is 0 Å². The predicted molar refractivity (Wildman–Crippen MR) is 125 cm³/mol. The van der Waals surface area contributed by atoms with Crippen LogP contribution < -0.4 is 0 Å². The lowest BCUT2D eigenvalue weighted by Crippen LogP contribution is -2.41. The summed E-state index contributed by atoms with van der Waals surface area (Å²) >= 11 is 0. The summed E-state index contributed by atoms with van der Waals surface area (Å²) < 4.78 is 32.8. The molecule has 0 heterocycles. The molecule has 4 nitrogen and oxygen atoms in total. The van der Waals surface area contributed by atoms with Crippen LogP contribution in [0.1, 0.15) is 122 Å². The van der Waals surface area contributed by atoms with Gasteiger partial charge in [0.25, 0.3) is 0 Å². The zero-order valence-corrected chi connectivity index (χ0v) is 20.7. The van der Waals surface area contributed by atoms with Crippen molar-refractivity contribution in [2.24, 2.45) is 0 Å². The SMILES string of the molecule is CCCCCCCCCCCCCCCC[N+](C)(C)CCCCCCS(=O)(=O)[O-]. The van der Waals surface area contributed by atoms with Gasteiger partial charge >= 0.3 is 0 Å². The van der Waals surface area contributed by atoms with Gasteiger partial charge in [-0.3, -0.25) is 0 Å². The molecule has 0 unspecified atom stereocenters. The molecular formula is C24H51NO3S. The highest BCUT2D eigenvalue weighted by atomic mass is 32.2. The van der Waals surface area contributed by atoms with E-state index >= 15 is 0 Å². The molecule has 0 aliphatic rings. The maximum atomic E-state index is 10.6. The minimum atomic E-state index is -4.03. The third-order valence-corrected chi connectivity index (χ3v) is 6.81. The Labute approximate surface area is 183 Å². The molecule has 0 aromatic rings. The summed E-state index contributed by atoms with van der Waals surface area (Å²) in [5.41, 5.74) is 0. The fourth-order valence-electron chi connectivity index (χ4n) is 4.02. The minimum Gasteiger partial charge on any atom is -0.748 e. The summed E-state index contributed by atoms with van der Waals surface area (Å²) in [6, 6.07) is 0. The Morgan fingerprint density at radius 1 is 0.552 bits per heavy atom. The van der Waals surface area contributed by atoms with Crippen LogP contribution >= 0.6 is 0 Å². The van der Waals surface area contributed by atoms with Crippen molar-refractivity contribution >= 4 is 10.1 Å². The van der Waals surface area contributed by atoms with E-state index in [1.165, 1.54) is 96.4 Å². The summed E-state index contributed by atoms with van der Waals surface area (Å²) in [5, 5.41) is 0. The fraction of sp³-hybridized carbons (Fsp3) is 1.00. The van der Waals surface area contributed by atoms with E-state index in [1.54, 1.807) is 0 Å². The fourth-order valence-corrected chi connectivity index (χ4v) is 4.58. The summed E-state index contributed by atoms with van der Waals surface area (Å²) in [5.74, 6) is -0.204. The Hall–Kier alpha value is -0.130. The van der Waals surface area contributed by atoms with E-state index in [4.69, 9.17) is 0 Å². The molecule has 5 heteroatoms. The van der Waals surface area contributed by atoms with Gasteiger partial charge in [-0.2, -0.15) is 0 Å². The van der Waals surface area contributed by atoms with Crippen molar-refractivity contribution in [1.82, 2.24) is 0 Å². The van der Waals surface area contributed by atoms with E-state index in [2.05, 4.69) is 21.0 Å². The van der Waals surface area contributed by atoms with Crippen LogP contribution in [0, 0.1) is 0 Å². The van der Waals surface area contributed by atoms with E-state index in [0.29, 0.717) is 6.42 Å². The maximum Gasteiger partial charge on any atom is 0.0945 e. The number of nitrogens with zero attached hydrogens (tertiary/aromatic N) is 1. The Morgan fingerprint density at radius 2 is 0.862 bits per heavy atom. The van der Waals surface area contributed by atoms with E-state index in [9.17, 15) is 13.0 Å². The summed E-state index contributed by atoms with van der Waals surface area (Å²) in [6.45, 7) is 4.65. The van der Waals surface area contributed by atoms with Crippen LogP contribution in [0.25, 0.3) is 0 Å². The van der Waals surface area contributed by atoms with Crippen LogP contribution in [0.2, 0.25) is 0 Å². The highest BCUT2D eigenvalue weighted by Crippen LogP contribution is 2.14. The van der Waals surface area contributed by atoms with Crippen LogP contribution in [-0.2, 0) is 10.1 Å². The zero-order chi connectivity index (χ0) is 21.8. The van der Waals surface area contributed by atoms with Crippen LogP contribution in [0.3, 0.4) is 0 Å². The van der Waals surface area contributed by atoms with Crippen molar-refractivity contribution in [3.05, 3.63) is 0 Å². The molecule has 0 amide bonds. The Bertz CT molecular complexity index is 449. The largest absolute Gasteiger partial charge is 0.748 e. The molecule has 0 spiro atoms. The van der Waals surface area contributed by atoms with Crippen molar-refractivity contribution in [3.63, 3.8) is 0 Å². The topological polar surface area (TPSA) is 57.2 Å². The minimum absolute atomic E-state index is 0.204. The van der Waals surface area contributed by atoms with Crippen LogP contribution in [0.15, 0.2) is 0 Å². The number of unbranched alkanes of at least 4 members (excludes halogenated alkanes) is 16. The van der Waals surface area contributed by atoms with E-state index < -0.39 is 10.1 Å². The van der Waals surface area contributed by atoms with Gasteiger partial charge < -0.3 is 9.04 Å². The van der Waals surface area contributed by atoms with E-state index in [1.807, 2.05) is 0 Å². The molecule has 0 atom stereocenters. The molecule has 0 aromatic carbocycles. The lowest BCUT2D eigenvalue weighted by atomic mass is 10.0.